The summed E-state index contributed by atoms with van der Waals surface area (Å²) in [5.74, 6) is 0.703. The fourth-order valence-electron chi connectivity index (χ4n) is 5.23. The van der Waals surface area contributed by atoms with Crippen LogP contribution in [0.15, 0.2) is 141 Å². The van der Waals surface area contributed by atoms with Crippen LogP contribution in [0.25, 0.3) is 55.9 Å². The minimum atomic E-state index is 0.703. The maximum Gasteiger partial charge on any atom is 0.126 e. The number of aromatic nitrogens is 4. The van der Waals surface area contributed by atoms with Gasteiger partial charge in [-0.25, -0.2) is 9.97 Å². The second-order valence-electron chi connectivity index (χ2n) is 10.7. The number of pyridine rings is 2. The Kier molecular flexibility index (Phi) is 10.2. The van der Waals surface area contributed by atoms with Crippen molar-refractivity contribution >= 4 is 11.1 Å². The van der Waals surface area contributed by atoms with Crippen molar-refractivity contribution in [3.8, 4) is 44.8 Å². The van der Waals surface area contributed by atoms with Crippen molar-refractivity contribution in [2.24, 2.45) is 0 Å². The van der Waals surface area contributed by atoms with Gasteiger partial charge in [-0.05, 0) is 115 Å². The SMILES string of the molecule is C=C/C(=C\C=C/C)c1cc(-c2cccnc2)cc(-c2cc(-c3cc(C(/C=C\CC)=C/C)cc(-c4cccnc4)c3)nc(C)n2)c1. The van der Waals surface area contributed by atoms with E-state index in [2.05, 4.69) is 109 Å². The zero-order valence-corrected chi connectivity index (χ0v) is 26.4. The van der Waals surface area contributed by atoms with Crippen LogP contribution in [0.5, 0.6) is 0 Å². The molecule has 4 nitrogen and oxygen atoms in total. The van der Waals surface area contributed by atoms with E-state index in [1.165, 1.54) is 0 Å². The van der Waals surface area contributed by atoms with Crippen molar-refractivity contribution in [1.82, 2.24) is 19.9 Å². The van der Waals surface area contributed by atoms with E-state index >= 15 is 0 Å². The molecule has 0 atom stereocenters. The van der Waals surface area contributed by atoms with Crippen molar-refractivity contribution in [2.75, 3.05) is 0 Å². The average Bonchev–Trinajstić information content (AvgIpc) is 3.09. The van der Waals surface area contributed by atoms with E-state index in [-0.39, 0.29) is 0 Å². The lowest BCUT2D eigenvalue weighted by Gasteiger charge is -2.14. The first-order valence-corrected chi connectivity index (χ1v) is 15.3. The predicted octanol–water partition coefficient (Wildman–Crippen LogP) is 10.8. The summed E-state index contributed by atoms with van der Waals surface area (Å²) in [6, 6.07) is 23.3. The summed E-state index contributed by atoms with van der Waals surface area (Å²) in [6.07, 6.45) is 22.9. The molecule has 45 heavy (non-hydrogen) atoms. The molecule has 3 aromatic heterocycles. The second-order valence-corrected chi connectivity index (χ2v) is 10.7. The van der Waals surface area contributed by atoms with Crippen molar-refractivity contribution in [3.63, 3.8) is 0 Å². The summed E-state index contributed by atoms with van der Waals surface area (Å²) in [5.41, 5.74) is 12.3. The van der Waals surface area contributed by atoms with E-state index in [0.717, 1.165) is 73.5 Å². The monoisotopic (exact) mass is 586 g/mol. The molecule has 0 aliphatic heterocycles. The van der Waals surface area contributed by atoms with Gasteiger partial charge in [0.1, 0.15) is 5.82 Å². The number of allylic oxidation sites excluding steroid dienone is 9. The average molecular weight is 587 g/mol. The summed E-state index contributed by atoms with van der Waals surface area (Å²) in [4.78, 5) is 18.6. The summed E-state index contributed by atoms with van der Waals surface area (Å²) >= 11 is 0. The molecular formula is C41H38N4. The minimum absolute atomic E-state index is 0.703. The maximum absolute atomic E-state index is 4.94. The summed E-state index contributed by atoms with van der Waals surface area (Å²) in [6.45, 7) is 12.3. The van der Waals surface area contributed by atoms with Gasteiger partial charge < -0.3 is 0 Å². The third kappa shape index (κ3) is 7.54. The largest absolute Gasteiger partial charge is 0.264 e. The molecule has 0 spiro atoms. The van der Waals surface area contributed by atoms with E-state index in [1.807, 2.05) is 56.6 Å². The number of hydrogen-bond donors (Lipinski definition) is 0. The summed E-state index contributed by atoms with van der Waals surface area (Å²) in [7, 11) is 0. The number of hydrogen-bond acceptors (Lipinski definition) is 4. The quantitative estimate of drug-likeness (QED) is 0.153. The molecule has 0 aliphatic rings. The fraction of sp³-hybridized carbons (Fsp3) is 0.122. The standard InChI is InChI=1S/C41H38N4/c1-6-10-14-30(8-3)34-20-36(32-16-12-18-42-27-32)24-38(22-34)40-26-41(45-29(5)44-40)39-23-35(31(9-4)15-11-7-2)21-37(25-39)33-17-13-19-43-28-33/h6,8-28H,3,7H2,1-2,4-5H3/b10-6-,15-11-,30-14+,31-9+. The molecule has 5 aromatic rings. The lowest BCUT2D eigenvalue weighted by atomic mass is 9.93. The Labute approximate surface area is 267 Å². The third-order valence-electron chi connectivity index (χ3n) is 7.48. The Balaban J connectivity index is 1.71. The highest BCUT2D eigenvalue weighted by Crippen LogP contribution is 2.34. The van der Waals surface area contributed by atoms with Crippen LogP contribution in [-0.4, -0.2) is 19.9 Å². The molecule has 0 fully saturated rings. The molecule has 4 heteroatoms. The highest BCUT2D eigenvalue weighted by Gasteiger charge is 2.14. The van der Waals surface area contributed by atoms with Crippen LogP contribution < -0.4 is 0 Å². The van der Waals surface area contributed by atoms with Crippen LogP contribution in [-0.2, 0) is 0 Å². The van der Waals surface area contributed by atoms with Gasteiger partial charge >= 0.3 is 0 Å². The molecule has 0 radical (unpaired) electrons. The molecule has 3 heterocycles. The Morgan fingerprint density at radius 1 is 0.711 bits per heavy atom. The van der Waals surface area contributed by atoms with Crippen LogP contribution >= 0.6 is 0 Å². The molecule has 222 valence electrons. The first-order valence-electron chi connectivity index (χ1n) is 15.3. The predicted molar refractivity (Wildman–Crippen MR) is 190 cm³/mol. The lowest BCUT2D eigenvalue weighted by Crippen LogP contribution is -1.97. The third-order valence-corrected chi connectivity index (χ3v) is 7.48. The fourth-order valence-corrected chi connectivity index (χ4v) is 5.23. The summed E-state index contributed by atoms with van der Waals surface area (Å²) in [5, 5.41) is 0. The van der Waals surface area contributed by atoms with Gasteiger partial charge in [0, 0.05) is 47.0 Å². The first-order chi connectivity index (χ1) is 22.0. The molecule has 0 amide bonds. The second kappa shape index (κ2) is 14.8. The van der Waals surface area contributed by atoms with Gasteiger partial charge in [-0.15, -0.1) is 0 Å². The number of rotatable bonds is 10. The van der Waals surface area contributed by atoms with Crippen molar-refractivity contribution in [1.29, 1.82) is 0 Å². The van der Waals surface area contributed by atoms with E-state index in [1.54, 1.807) is 12.4 Å². The van der Waals surface area contributed by atoms with Crippen LogP contribution in [0.2, 0.25) is 0 Å². The molecule has 0 saturated carbocycles. The van der Waals surface area contributed by atoms with Gasteiger partial charge in [0.2, 0.25) is 0 Å². The Morgan fingerprint density at radius 2 is 1.27 bits per heavy atom. The van der Waals surface area contributed by atoms with Crippen molar-refractivity contribution in [2.45, 2.75) is 34.1 Å². The zero-order chi connectivity index (χ0) is 31.6. The molecular weight excluding hydrogens is 548 g/mol. The Bertz CT molecular complexity index is 1910. The van der Waals surface area contributed by atoms with Gasteiger partial charge in [0.25, 0.3) is 0 Å². The van der Waals surface area contributed by atoms with Gasteiger partial charge in [0.05, 0.1) is 11.4 Å². The minimum Gasteiger partial charge on any atom is -0.264 e. The van der Waals surface area contributed by atoms with Crippen molar-refractivity contribution < 1.29 is 0 Å². The zero-order valence-electron chi connectivity index (χ0n) is 26.4. The van der Waals surface area contributed by atoms with E-state index in [9.17, 15) is 0 Å². The Hall–Kier alpha value is -5.48. The van der Waals surface area contributed by atoms with E-state index in [4.69, 9.17) is 9.97 Å². The number of benzene rings is 2. The molecule has 0 unspecified atom stereocenters. The summed E-state index contributed by atoms with van der Waals surface area (Å²) < 4.78 is 0. The van der Waals surface area contributed by atoms with Crippen LogP contribution in [0.1, 0.15) is 44.1 Å². The molecule has 0 aliphatic carbocycles. The molecule has 0 bridgehead atoms. The topological polar surface area (TPSA) is 51.6 Å². The van der Waals surface area contributed by atoms with E-state index in [0.29, 0.717) is 5.82 Å². The molecule has 0 saturated heterocycles. The maximum atomic E-state index is 4.94. The number of aryl methyl sites for hydroxylation is 1. The van der Waals surface area contributed by atoms with Crippen LogP contribution in [0.4, 0.5) is 0 Å². The van der Waals surface area contributed by atoms with Gasteiger partial charge in [-0.2, -0.15) is 0 Å². The molecule has 5 rings (SSSR count). The van der Waals surface area contributed by atoms with E-state index < -0.39 is 0 Å². The lowest BCUT2D eigenvalue weighted by molar-refractivity contribution is 1.06. The van der Waals surface area contributed by atoms with Crippen molar-refractivity contribution in [3.05, 3.63) is 158 Å². The van der Waals surface area contributed by atoms with Crippen LogP contribution in [0, 0.1) is 6.92 Å². The Morgan fingerprint density at radius 3 is 1.73 bits per heavy atom. The molecule has 2 aromatic carbocycles. The first kappa shape index (κ1) is 31.0. The smallest absolute Gasteiger partial charge is 0.126 e. The highest BCUT2D eigenvalue weighted by atomic mass is 14.9. The molecule has 0 N–H and O–H groups in total. The van der Waals surface area contributed by atoms with Crippen LogP contribution in [0.3, 0.4) is 0 Å². The normalized spacial score (nSPS) is 12.3. The van der Waals surface area contributed by atoms with Gasteiger partial charge in [-0.3, -0.25) is 9.97 Å². The number of nitrogens with zero attached hydrogens (tertiary/aromatic N) is 4. The highest BCUT2D eigenvalue weighted by molar-refractivity contribution is 5.85. The van der Waals surface area contributed by atoms with Gasteiger partial charge in [-0.1, -0.05) is 68.2 Å². The van der Waals surface area contributed by atoms with Gasteiger partial charge in [0.15, 0.2) is 0 Å².